The number of terminal acetylenes is 1. The Kier molecular flexibility index (Phi) is 4.44. The number of carbonyl (C=O) groups is 1. The molecule has 0 unspecified atom stereocenters. The highest BCUT2D eigenvalue weighted by Gasteiger charge is 2.40. The van der Waals surface area contributed by atoms with Crippen LogP contribution in [0.1, 0.15) is 42.9 Å². The zero-order chi connectivity index (χ0) is 16.3. The number of nitrogens with one attached hydrogen (secondary N) is 1. The fourth-order valence-electron chi connectivity index (χ4n) is 3.24. The first-order valence-corrected chi connectivity index (χ1v) is 7.95. The maximum atomic E-state index is 12.3. The molecule has 1 aliphatic heterocycles. The molecule has 1 aromatic carbocycles. The second-order valence-electron chi connectivity index (χ2n) is 6.12. The lowest BCUT2D eigenvalue weighted by atomic mass is 10.0. The molecular formula is C18H21N3O2. The average molecular weight is 311 g/mol. The summed E-state index contributed by atoms with van der Waals surface area (Å²) >= 11 is 0. The van der Waals surface area contributed by atoms with Gasteiger partial charge in [-0.2, -0.15) is 10.2 Å². The summed E-state index contributed by atoms with van der Waals surface area (Å²) in [5.41, 5.74) is 2.00. The third kappa shape index (κ3) is 3.43. The van der Waals surface area contributed by atoms with Crippen LogP contribution in [0.5, 0.6) is 0 Å². The Bertz CT molecular complexity index is 656. The zero-order valence-electron chi connectivity index (χ0n) is 13.3. The predicted molar refractivity (Wildman–Crippen MR) is 86.7 cm³/mol. The summed E-state index contributed by atoms with van der Waals surface area (Å²) in [6, 6.07) is 8.15. The summed E-state index contributed by atoms with van der Waals surface area (Å²) in [5.74, 6) is 2.61. The minimum absolute atomic E-state index is 0.0142. The predicted octanol–water partition coefficient (Wildman–Crippen LogP) is 2.77. The topological polar surface area (TPSA) is 63.0 Å². The third-order valence-electron chi connectivity index (χ3n) is 4.57. The van der Waals surface area contributed by atoms with Crippen LogP contribution in [0.15, 0.2) is 34.5 Å². The Morgan fingerprint density at radius 1 is 1.43 bits per heavy atom. The fourth-order valence-corrected chi connectivity index (χ4v) is 3.24. The number of hydrogen-bond acceptors (Lipinski definition) is 4. The van der Waals surface area contributed by atoms with E-state index in [0.717, 1.165) is 18.4 Å². The van der Waals surface area contributed by atoms with E-state index in [1.807, 2.05) is 12.1 Å². The van der Waals surface area contributed by atoms with Crippen LogP contribution < -0.4 is 5.32 Å². The Hall–Kier alpha value is -2.19. The summed E-state index contributed by atoms with van der Waals surface area (Å²) in [4.78, 5) is 12.3. The van der Waals surface area contributed by atoms with E-state index >= 15 is 0 Å². The largest absolute Gasteiger partial charge is 0.375 e. The van der Waals surface area contributed by atoms with Crippen LogP contribution in [0.3, 0.4) is 0 Å². The Balaban J connectivity index is 1.52. The molecule has 120 valence electrons. The van der Waals surface area contributed by atoms with Crippen LogP contribution in [0.4, 0.5) is 0 Å². The molecule has 0 spiro atoms. The summed E-state index contributed by atoms with van der Waals surface area (Å²) in [6.07, 6.45) is 8.39. The fraction of sp³-hybridized carbons (Fsp3) is 0.500. The van der Waals surface area contributed by atoms with Crippen LogP contribution in [0.2, 0.25) is 0 Å². The molecule has 1 amide bonds. The number of amides is 1. The van der Waals surface area contributed by atoms with Crippen molar-refractivity contribution in [1.82, 2.24) is 5.32 Å². The van der Waals surface area contributed by atoms with E-state index in [9.17, 15) is 4.79 Å². The molecule has 0 radical (unpaired) electrons. The van der Waals surface area contributed by atoms with Crippen molar-refractivity contribution in [2.24, 2.45) is 10.2 Å². The van der Waals surface area contributed by atoms with Gasteiger partial charge in [-0.25, -0.2) is 0 Å². The SMILES string of the molecule is C#CCCC1(CCC(=O)N[C@@H]2Cc3ccccc3[C@@H]2OC)N=N1. The van der Waals surface area contributed by atoms with Crippen LogP contribution in [0, 0.1) is 12.3 Å². The van der Waals surface area contributed by atoms with Crippen molar-refractivity contribution < 1.29 is 9.53 Å². The van der Waals surface area contributed by atoms with Gasteiger partial charge in [-0.15, -0.1) is 12.3 Å². The summed E-state index contributed by atoms with van der Waals surface area (Å²) < 4.78 is 5.59. The Labute approximate surface area is 136 Å². The highest BCUT2D eigenvalue weighted by Crippen LogP contribution is 2.38. The molecule has 1 N–H and O–H groups in total. The molecule has 23 heavy (non-hydrogen) atoms. The normalized spacial score (nSPS) is 23.1. The quantitative estimate of drug-likeness (QED) is 0.787. The Morgan fingerprint density at radius 2 is 2.22 bits per heavy atom. The molecule has 1 aromatic rings. The number of ether oxygens (including phenoxy) is 1. The maximum absolute atomic E-state index is 12.3. The number of hydrogen-bond donors (Lipinski definition) is 1. The smallest absolute Gasteiger partial charge is 0.220 e. The molecule has 0 fully saturated rings. The van der Waals surface area contributed by atoms with E-state index < -0.39 is 5.66 Å². The van der Waals surface area contributed by atoms with Crippen LogP contribution >= 0.6 is 0 Å². The first-order chi connectivity index (χ1) is 11.2. The molecular weight excluding hydrogens is 290 g/mol. The van der Waals surface area contributed by atoms with Gasteiger partial charge in [0.15, 0.2) is 5.66 Å². The van der Waals surface area contributed by atoms with E-state index in [0.29, 0.717) is 19.3 Å². The van der Waals surface area contributed by atoms with Gasteiger partial charge in [-0.1, -0.05) is 24.3 Å². The summed E-state index contributed by atoms with van der Waals surface area (Å²) in [6.45, 7) is 0. The van der Waals surface area contributed by atoms with Crippen molar-refractivity contribution in [1.29, 1.82) is 0 Å². The van der Waals surface area contributed by atoms with Crippen molar-refractivity contribution >= 4 is 5.91 Å². The molecule has 1 heterocycles. The molecule has 3 rings (SSSR count). The van der Waals surface area contributed by atoms with Crippen molar-refractivity contribution in [3.05, 3.63) is 35.4 Å². The molecule has 2 atom stereocenters. The number of fused-ring (bicyclic) bond motifs is 1. The molecule has 5 heteroatoms. The minimum atomic E-state index is -0.400. The second kappa shape index (κ2) is 6.51. The van der Waals surface area contributed by atoms with Crippen LogP contribution in [0.25, 0.3) is 0 Å². The van der Waals surface area contributed by atoms with E-state index in [2.05, 4.69) is 33.6 Å². The van der Waals surface area contributed by atoms with Gasteiger partial charge in [0.2, 0.25) is 5.91 Å². The molecule has 0 bridgehead atoms. The number of methoxy groups -OCH3 is 1. The first-order valence-electron chi connectivity index (χ1n) is 7.95. The van der Waals surface area contributed by atoms with E-state index in [1.165, 1.54) is 5.56 Å². The summed E-state index contributed by atoms with van der Waals surface area (Å²) in [7, 11) is 1.68. The van der Waals surface area contributed by atoms with Crippen LogP contribution in [-0.4, -0.2) is 24.7 Å². The number of benzene rings is 1. The average Bonchev–Trinajstić information content (AvgIpc) is 3.25. The third-order valence-corrected chi connectivity index (χ3v) is 4.57. The molecule has 5 nitrogen and oxygen atoms in total. The van der Waals surface area contributed by atoms with Crippen molar-refractivity contribution in [2.75, 3.05) is 7.11 Å². The molecule has 0 saturated heterocycles. The second-order valence-corrected chi connectivity index (χ2v) is 6.12. The number of rotatable bonds is 7. The van der Waals surface area contributed by atoms with E-state index in [4.69, 9.17) is 11.2 Å². The minimum Gasteiger partial charge on any atom is -0.375 e. The molecule has 0 saturated carbocycles. The van der Waals surface area contributed by atoms with Gasteiger partial charge in [-0.3, -0.25) is 4.79 Å². The van der Waals surface area contributed by atoms with Crippen LogP contribution in [-0.2, 0) is 16.0 Å². The standard InChI is InChI=1S/C18H21N3O2/c1-3-4-10-18(20-21-18)11-9-16(22)19-15-12-13-7-5-6-8-14(13)17(15)23-2/h1,5-8,15,17H,4,9-12H2,2H3,(H,19,22)/t15-,17+/m1/s1. The van der Waals surface area contributed by atoms with Gasteiger partial charge in [0, 0.05) is 32.8 Å². The summed E-state index contributed by atoms with van der Waals surface area (Å²) in [5, 5.41) is 11.2. The number of nitrogens with zero attached hydrogens (tertiary/aromatic N) is 2. The van der Waals surface area contributed by atoms with E-state index in [1.54, 1.807) is 7.11 Å². The van der Waals surface area contributed by atoms with E-state index in [-0.39, 0.29) is 18.1 Å². The monoisotopic (exact) mass is 311 g/mol. The molecule has 0 aromatic heterocycles. The van der Waals surface area contributed by atoms with Crippen molar-refractivity contribution in [3.8, 4) is 12.3 Å². The number of carbonyl (C=O) groups excluding carboxylic acids is 1. The molecule has 1 aliphatic carbocycles. The first kappa shape index (κ1) is 15.7. The van der Waals surface area contributed by atoms with Crippen molar-refractivity contribution in [3.63, 3.8) is 0 Å². The van der Waals surface area contributed by atoms with Gasteiger partial charge in [0.05, 0.1) is 6.04 Å². The lowest BCUT2D eigenvalue weighted by Gasteiger charge is -2.20. The lowest BCUT2D eigenvalue weighted by molar-refractivity contribution is -0.123. The van der Waals surface area contributed by atoms with Gasteiger partial charge in [-0.05, 0) is 17.5 Å². The lowest BCUT2D eigenvalue weighted by Crippen LogP contribution is -2.38. The Morgan fingerprint density at radius 3 is 2.91 bits per heavy atom. The van der Waals surface area contributed by atoms with Gasteiger partial charge < -0.3 is 10.1 Å². The van der Waals surface area contributed by atoms with Gasteiger partial charge >= 0.3 is 0 Å². The zero-order valence-corrected chi connectivity index (χ0v) is 13.3. The van der Waals surface area contributed by atoms with Gasteiger partial charge in [0.25, 0.3) is 0 Å². The maximum Gasteiger partial charge on any atom is 0.220 e. The highest BCUT2D eigenvalue weighted by molar-refractivity contribution is 5.76. The highest BCUT2D eigenvalue weighted by atomic mass is 16.5. The van der Waals surface area contributed by atoms with Gasteiger partial charge in [0.1, 0.15) is 6.10 Å². The molecule has 2 aliphatic rings. The van der Waals surface area contributed by atoms with Crippen molar-refractivity contribution in [2.45, 2.75) is 49.9 Å².